The number of aliphatic hydroxyl groups is 1. The number of hydrogen-bond donors (Lipinski definition) is 1. The molecule has 1 unspecified atom stereocenters. The van der Waals surface area contributed by atoms with Gasteiger partial charge in [-0.05, 0) is 23.8 Å². The molecular weight excluding hydrogens is 306 g/mol. The Hall–Kier alpha value is -1.65. The van der Waals surface area contributed by atoms with Crippen LogP contribution in [0.1, 0.15) is 17.2 Å². The molecule has 0 bridgehead atoms. The monoisotopic (exact) mass is 317 g/mol. The van der Waals surface area contributed by atoms with Crippen LogP contribution in [-0.2, 0) is 6.42 Å². The molecule has 3 aromatic rings. The van der Waals surface area contributed by atoms with Gasteiger partial charge in [0.2, 0.25) is 0 Å². The average Bonchev–Trinajstić information content (AvgIpc) is 2.92. The van der Waals surface area contributed by atoms with E-state index < -0.39 is 6.10 Å². The summed E-state index contributed by atoms with van der Waals surface area (Å²) in [6.45, 7) is 0. The number of halogens is 1. The van der Waals surface area contributed by atoms with Crippen LogP contribution in [0.5, 0.6) is 0 Å². The minimum Gasteiger partial charge on any atom is -0.472 e. The van der Waals surface area contributed by atoms with E-state index in [0.717, 1.165) is 26.5 Å². The van der Waals surface area contributed by atoms with Gasteiger partial charge >= 0.3 is 0 Å². The summed E-state index contributed by atoms with van der Waals surface area (Å²) < 4.78 is 6.00. The third kappa shape index (κ3) is 2.41. The maximum absolute atomic E-state index is 10.4. The summed E-state index contributed by atoms with van der Waals surface area (Å²) >= 11 is 3.50. The number of nitrogens with zero attached hydrogens (tertiary/aromatic N) is 1. The highest BCUT2D eigenvalue weighted by atomic mass is 79.9. The number of rotatable bonds is 3. The molecule has 0 saturated carbocycles. The van der Waals surface area contributed by atoms with Crippen molar-refractivity contribution in [2.45, 2.75) is 12.5 Å². The maximum atomic E-state index is 10.4. The van der Waals surface area contributed by atoms with Crippen LogP contribution < -0.4 is 0 Å². The average molecular weight is 318 g/mol. The van der Waals surface area contributed by atoms with Crippen molar-refractivity contribution in [3.05, 3.63) is 64.7 Å². The molecule has 2 heterocycles. The fraction of sp³-hybridized carbons (Fsp3) is 0.133. The van der Waals surface area contributed by atoms with E-state index in [2.05, 4.69) is 20.9 Å². The van der Waals surface area contributed by atoms with E-state index in [1.54, 1.807) is 18.7 Å². The zero-order chi connectivity index (χ0) is 13.2. The topological polar surface area (TPSA) is 46.3 Å². The van der Waals surface area contributed by atoms with Crippen LogP contribution in [0.15, 0.2) is 57.9 Å². The minimum atomic E-state index is -0.594. The predicted octanol–water partition coefficient (Wildman–Crippen LogP) is 3.87. The van der Waals surface area contributed by atoms with Crippen molar-refractivity contribution in [1.29, 1.82) is 0 Å². The van der Waals surface area contributed by atoms with Crippen molar-refractivity contribution in [2.75, 3.05) is 0 Å². The maximum Gasteiger partial charge on any atom is 0.0935 e. The molecule has 0 aliphatic heterocycles. The van der Waals surface area contributed by atoms with Crippen molar-refractivity contribution >= 4 is 26.8 Å². The lowest BCUT2D eigenvalue weighted by molar-refractivity contribution is 0.179. The van der Waals surface area contributed by atoms with Crippen LogP contribution in [0.4, 0.5) is 0 Å². The molecule has 2 aromatic heterocycles. The quantitative estimate of drug-likeness (QED) is 0.797. The second kappa shape index (κ2) is 5.15. The highest BCUT2D eigenvalue weighted by Gasteiger charge is 2.14. The summed E-state index contributed by atoms with van der Waals surface area (Å²) in [7, 11) is 0. The third-order valence-electron chi connectivity index (χ3n) is 3.12. The van der Waals surface area contributed by atoms with E-state index in [0.29, 0.717) is 6.42 Å². The predicted molar refractivity (Wildman–Crippen MR) is 76.8 cm³/mol. The molecular formula is C15H12BrNO2. The minimum absolute atomic E-state index is 0.518. The third-order valence-corrected chi connectivity index (χ3v) is 3.81. The molecule has 3 nitrogen and oxygen atoms in total. The van der Waals surface area contributed by atoms with E-state index in [1.165, 1.54) is 0 Å². The highest BCUT2D eigenvalue weighted by Crippen LogP contribution is 2.30. The summed E-state index contributed by atoms with van der Waals surface area (Å²) in [4.78, 5) is 4.38. The van der Waals surface area contributed by atoms with E-state index in [-0.39, 0.29) is 0 Å². The first-order valence-electron chi connectivity index (χ1n) is 5.98. The zero-order valence-corrected chi connectivity index (χ0v) is 11.7. The summed E-state index contributed by atoms with van der Waals surface area (Å²) in [5, 5.41) is 11.4. The number of aliphatic hydroxyl groups excluding tert-OH is 1. The van der Waals surface area contributed by atoms with Crippen LogP contribution in [0, 0.1) is 0 Å². The first-order chi connectivity index (χ1) is 9.25. The van der Waals surface area contributed by atoms with Crippen molar-refractivity contribution in [2.24, 2.45) is 0 Å². The van der Waals surface area contributed by atoms with Crippen LogP contribution in [0.3, 0.4) is 0 Å². The van der Waals surface area contributed by atoms with Gasteiger partial charge in [0.25, 0.3) is 0 Å². The van der Waals surface area contributed by atoms with Crippen LogP contribution >= 0.6 is 15.9 Å². The second-order valence-corrected chi connectivity index (χ2v) is 5.24. The number of pyridine rings is 1. The largest absolute Gasteiger partial charge is 0.472 e. The number of benzene rings is 1. The molecule has 19 heavy (non-hydrogen) atoms. The Labute approximate surface area is 119 Å². The number of aromatic nitrogens is 1. The Morgan fingerprint density at radius 3 is 2.95 bits per heavy atom. The fourth-order valence-electron chi connectivity index (χ4n) is 2.17. The van der Waals surface area contributed by atoms with Gasteiger partial charge in [0.1, 0.15) is 0 Å². The molecule has 0 aliphatic rings. The molecule has 0 amide bonds. The smallest absolute Gasteiger partial charge is 0.0935 e. The molecule has 0 aliphatic carbocycles. The lowest BCUT2D eigenvalue weighted by atomic mass is 10.0. The Bertz CT molecular complexity index is 694. The van der Waals surface area contributed by atoms with Crippen molar-refractivity contribution < 1.29 is 9.52 Å². The highest BCUT2D eigenvalue weighted by molar-refractivity contribution is 9.10. The molecule has 0 fully saturated rings. The molecule has 1 N–H and O–H groups in total. The molecule has 0 spiro atoms. The van der Waals surface area contributed by atoms with Crippen LogP contribution in [-0.4, -0.2) is 10.1 Å². The standard InChI is InChI=1S/C15H12BrNO2/c16-13-4-3-12(15-11(13)2-1-6-17-15)14(18)8-10-5-7-19-9-10/h1-7,9,14,18H,8H2. The normalized spacial score (nSPS) is 12.7. The van der Waals surface area contributed by atoms with Crippen LogP contribution in [0.2, 0.25) is 0 Å². The summed E-state index contributed by atoms with van der Waals surface area (Å²) in [5.74, 6) is 0. The summed E-state index contributed by atoms with van der Waals surface area (Å²) in [5.41, 5.74) is 2.63. The molecule has 96 valence electrons. The van der Waals surface area contributed by atoms with E-state index in [1.807, 2.05) is 30.3 Å². The van der Waals surface area contributed by atoms with Crippen molar-refractivity contribution in [3.8, 4) is 0 Å². The molecule has 0 radical (unpaired) electrons. The van der Waals surface area contributed by atoms with Gasteiger partial charge in [0.05, 0.1) is 24.1 Å². The molecule has 0 saturated heterocycles. The van der Waals surface area contributed by atoms with E-state index >= 15 is 0 Å². The Balaban J connectivity index is 2.03. The fourth-order valence-corrected chi connectivity index (χ4v) is 2.62. The van der Waals surface area contributed by atoms with Gasteiger partial charge in [-0.15, -0.1) is 0 Å². The van der Waals surface area contributed by atoms with Gasteiger partial charge in [-0.3, -0.25) is 4.98 Å². The number of hydrogen-bond acceptors (Lipinski definition) is 3. The first kappa shape index (κ1) is 12.4. The Morgan fingerprint density at radius 1 is 1.26 bits per heavy atom. The second-order valence-electron chi connectivity index (χ2n) is 4.39. The molecule has 1 atom stereocenters. The van der Waals surface area contributed by atoms with E-state index in [4.69, 9.17) is 4.42 Å². The van der Waals surface area contributed by atoms with Gasteiger partial charge in [-0.2, -0.15) is 0 Å². The Morgan fingerprint density at radius 2 is 2.16 bits per heavy atom. The lowest BCUT2D eigenvalue weighted by Gasteiger charge is -2.13. The van der Waals surface area contributed by atoms with Crippen molar-refractivity contribution in [3.63, 3.8) is 0 Å². The zero-order valence-electron chi connectivity index (χ0n) is 10.1. The van der Waals surface area contributed by atoms with Crippen molar-refractivity contribution in [1.82, 2.24) is 4.98 Å². The van der Waals surface area contributed by atoms with Gasteiger partial charge < -0.3 is 9.52 Å². The van der Waals surface area contributed by atoms with Crippen LogP contribution in [0.25, 0.3) is 10.9 Å². The summed E-state index contributed by atoms with van der Waals surface area (Å²) in [6, 6.07) is 9.58. The van der Waals surface area contributed by atoms with Gasteiger partial charge in [-0.1, -0.05) is 28.1 Å². The number of furan rings is 1. The molecule has 4 heteroatoms. The van der Waals surface area contributed by atoms with Gasteiger partial charge in [0, 0.05) is 28.0 Å². The van der Waals surface area contributed by atoms with Gasteiger partial charge in [0.15, 0.2) is 0 Å². The SMILES string of the molecule is OC(Cc1ccoc1)c1ccc(Br)c2cccnc12. The van der Waals surface area contributed by atoms with E-state index in [9.17, 15) is 5.11 Å². The van der Waals surface area contributed by atoms with Gasteiger partial charge in [-0.25, -0.2) is 0 Å². The lowest BCUT2D eigenvalue weighted by Crippen LogP contribution is -2.03. The molecule has 1 aromatic carbocycles. The Kier molecular flexibility index (Phi) is 3.36. The molecule has 3 rings (SSSR count). The number of fused-ring (bicyclic) bond motifs is 1. The first-order valence-corrected chi connectivity index (χ1v) is 6.77. The summed E-state index contributed by atoms with van der Waals surface area (Å²) in [6.07, 6.45) is 4.92.